The number of hydrogen-bond donors (Lipinski definition) is 1. The van der Waals surface area contributed by atoms with Crippen LogP contribution in [0.3, 0.4) is 0 Å². The molecule has 1 N–H and O–H groups in total. The molecule has 0 spiro atoms. The molecule has 12 heteroatoms. The standard InChI is InChI=1S/C28H24F3N5O3S/c29-28(30,31)26-23-14-36(33-26)12-17(34-8-7-16(11-34)27(38)39)5-6-25(37)35-13-22(19-3-1-2-4-20(19)23)21-9-18(10-32)40-24(21)15-35/h1-6,9,14,16-17,22H,7-8,11-13,15H2,(H,38,39)/b6-5+/t16?,17?,22-/m0/s1. The van der Waals surface area contributed by atoms with E-state index < -0.39 is 35.7 Å². The van der Waals surface area contributed by atoms with Crippen molar-refractivity contribution in [3.8, 4) is 17.2 Å². The number of fused-ring (bicyclic) bond motifs is 9. The maximum absolute atomic E-state index is 14.3. The molecule has 1 amide bonds. The van der Waals surface area contributed by atoms with E-state index in [1.165, 1.54) is 28.3 Å². The summed E-state index contributed by atoms with van der Waals surface area (Å²) in [5.41, 5.74) is 0.767. The lowest BCUT2D eigenvalue weighted by Gasteiger charge is -2.33. The number of thiophene rings is 1. The number of carbonyl (C=O) groups excluding carboxylic acids is 1. The largest absolute Gasteiger partial charge is 0.481 e. The lowest BCUT2D eigenvalue weighted by molar-refractivity contribution is -0.142. The first-order chi connectivity index (χ1) is 19.1. The van der Waals surface area contributed by atoms with Crippen LogP contribution in [0.2, 0.25) is 0 Å². The summed E-state index contributed by atoms with van der Waals surface area (Å²) in [6.07, 6.45) is 0.163. The van der Waals surface area contributed by atoms with Gasteiger partial charge in [-0.2, -0.15) is 23.5 Å². The van der Waals surface area contributed by atoms with Crippen LogP contribution >= 0.6 is 11.3 Å². The third-order valence-corrected chi connectivity index (χ3v) is 8.95. The van der Waals surface area contributed by atoms with Gasteiger partial charge in [0.15, 0.2) is 5.69 Å². The van der Waals surface area contributed by atoms with Gasteiger partial charge in [-0.15, -0.1) is 11.3 Å². The molecule has 40 heavy (non-hydrogen) atoms. The Hall–Kier alpha value is -3.95. The van der Waals surface area contributed by atoms with Gasteiger partial charge in [0.25, 0.3) is 0 Å². The number of aromatic nitrogens is 2. The quantitative estimate of drug-likeness (QED) is 0.495. The molecule has 0 saturated carbocycles. The normalized spacial score (nSPS) is 23.8. The first kappa shape index (κ1) is 26.3. The van der Waals surface area contributed by atoms with Crippen LogP contribution in [0.4, 0.5) is 13.2 Å². The van der Waals surface area contributed by atoms with E-state index in [0.29, 0.717) is 35.5 Å². The number of carboxylic acid groups (broad SMARTS) is 1. The molecule has 3 aliphatic rings. The Morgan fingerprint density at radius 2 is 1.95 bits per heavy atom. The average Bonchev–Trinajstić information content (AvgIpc) is 3.67. The molecule has 3 aliphatic heterocycles. The molecule has 3 atom stereocenters. The Balaban J connectivity index is 1.52. The van der Waals surface area contributed by atoms with Crippen LogP contribution in [0.15, 0.2) is 48.7 Å². The zero-order valence-corrected chi connectivity index (χ0v) is 22.0. The number of nitrogens with zero attached hydrogens (tertiary/aromatic N) is 5. The average molecular weight is 568 g/mol. The van der Waals surface area contributed by atoms with Crippen LogP contribution in [-0.4, -0.2) is 62.2 Å². The van der Waals surface area contributed by atoms with Gasteiger partial charge in [-0.05, 0) is 35.7 Å². The number of rotatable bonds is 2. The van der Waals surface area contributed by atoms with E-state index >= 15 is 0 Å². The van der Waals surface area contributed by atoms with E-state index in [0.717, 1.165) is 10.4 Å². The maximum Gasteiger partial charge on any atom is 0.435 e. The van der Waals surface area contributed by atoms with E-state index in [4.69, 9.17) is 0 Å². The zero-order chi connectivity index (χ0) is 28.2. The van der Waals surface area contributed by atoms with Gasteiger partial charge < -0.3 is 10.0 Å². The number of aliphatic carboxylic acids is 1. The van der Waals surface area contributed by atoms with Crippen LogP contribution < -0.4 is 0 Å². The molecule has 206 valence electrons. The smallest absolute Gasteiger partial charge is 0.435 e. The number of hydrogen-bond acceptors (Lipinski definition) is 6. The number of benzene rings is 1. The fraction of sp³-hybridized carbons (Fsp3) is 0.357. The first-order valence-electron chi connectivity index (χ1n) is 12.8. The van der Waals surface area contributed by atoms with Gasteiger partial charge in [-0.25, -0.2) is 0 Å². The molecule has 1 saturated heterocycles. The van der Waals surface area contributed by atoms with E-state index in [9.17, 15) is 33.1 Å². The Labute approximate surface area is 231 Å². The third kappa shape index (κ3) is 4.69. The van der Waals surface area contributed by atoms with Gasteiger partial charge in [-0.1, -0.05) is 30.3 Å². The third-order valence-electron chi connectivity index (χ3n) is 7.91. The van der Waals surface area contributed by atoms with E-state index in [2.05, 4.69) is 11.2 Å². The van der Waals surface area contributed by atoms with Gasteiger partial charge in [-0.3, -0.25) is 19.2 Å². The number of halogens is 3. The molecular weight excluding hydrogens is 543 g/mol. The first-order valence-corrected chi connectivity index (χ1v) is 13.6. The summed E-state index contributed by atoms with van der Waals surface area (Å²) in [5.74, 6) is -2.21. The number of likely N-dealkylation sites (tertiary alicyclic amines) is 1. The van der Waals surface area contributed by atoms with Crippen molar-refractivity contribution in [2.75, 3.05) is 19.6 Å². The van der Waals surface area contributed by atoms with E-state index in [-0.39, 0.29) is 31.1 Å². The van der Waals surface area contributed by atoms with Gasteiger partial charge in [0.2, 0.25) is 5.91 Å². The summed E-state index contributed by atoms with van der Waals surface area (Å²) in [6, 6.07) is 10.2. The van der Waals surface area contributed by atoms with Crippen LogP contribution in [0.25, 0.3) is 11.1 Å². The second kappa shape index (κ2) is 9.91. The van der Waals surface area contributed by atoms with Gasteiger partial charge in [0.05, 0.1) is 19.0 Å². The van der Waals surface area contributed by atoms with Crippen molar-refractivity contribution >= 4 is 23.2 Å². The van der Waals surface area contributed by atoms with Gasteiger partial charge in [0, 0.05) is 47.8 Å². The molecule has 8 nitrogen and oxygen atoms in total. The highest BCUT2D eigenvalue weighted by atomic mass is 32.1. The van der Waals surface area contributed by atoms with Crippen molar-refractivity contribution in [2.45, 2.75) is 37.6 Å². The number of amides is 1. The van der Waals surface area contributed by atoms with Crippen molar-refractivity contribution in [3.05, 3.63) is 75.3 Å². The number of nitriles is 1. The predicted octanol–water partition coefficient (Wildman–Crippen LogP) is 4.32. The Morgan fingerprint density at radius 1 is 1.15 bits per heavy atom. The van der Waals surface area contributed by atoms with Crippen LogP contribution in [0, 0.1) is 17.2 Å². The van der Waals surface area contributed by atoms with Crippen LogP contribution in [0.1, 0.15) is 38.9 Å². The van der Waals surface area contributed by atoms with Crippen molar-refractivity contribution in [2.24, 2.45) is 5.92 Å². The predicted molar refractivity (Wildman–Crippen MR) is 139 cm³/mol. The fourth-order valence-corrected chi connectivity index (χ4v) is 6.99. The maximum atomic E-state index is 14.3. The summed E-state index contributed by atoms with van der Waals surface area (Å²) >= 11 is 1.28. The second-order valence-corrected chi connectivity index (χ2v) is 11.5. The molecule has 4 bridgehead atoms. The molecule has 3 aromatic rings. The SMILES string of the molecule is N#Cc1cc2c(s1)CN1C[C@H]2c2ccccc2-c2cn(nc2C(F)(F)F)CC(N2CCC(C(=O)O)C2)/C=C/C1=O. The minimum atomic E-state index is -4.71. The molecule has 1 fully saturated rings. The van der Waals surface area contributed by atoms with E-state index in [1.54, 1.807) is 41.3 Å². The number of carboxylic acids is 1. The second-order valence-electron chi connectivity index (χ2n) is 10.3. The summed E-state index contributed by atoms with van der Waals surface area (Å²) in [6.45, 7) is 1.21. The highest BCUT2D eigenvalue weighted by Crippen LogP contribution is 2.44. The lowest BCUT2D eigenvalue weighted by atomic mass is 9.83. The van der Waals surface area contributed by atoms with E-state index in [1.807, 2.05) is 4.90 Å². The minimum Gasteiger partial charge on any atom is -0.481 e. The monoisotopic (exact) mass is 567 g/mol. The molecule has 1 aromatic carbocycles. The summed E-state index contributed by atoms with van der Waals surface area (Å²) in [7, 11) is 0. The topological polar surface area (TPSA) is 102 Å². The van der Waals surface area contributed by atoms with Gasteiger partial charge in [0.1, 0.15) is 10.9 Å². The van der Waals surface area contributed by atoms with Crippen LogP contribution in [-0.2, 0) is 28.9 Å². The lowest BCUT2D eigenvalue weighted by Crippen LogP contribution is -2.38. The Kier molecular flexibility index (Phi) is 6.51. The summed E-state index contributed by atoms with van der Waals surface area (Å²) < 4.78 is 44.3. The zero-order valence-electron chi connectivity index (χ0n) is 21.1. The van der Waals surface area contributed by atoms with Crippen molar-refractivity contribution in [3.63, 3.8) is 0 Å². The molecule has 2 unspecified atom stereocenters. The molecule has 2 aromatic heterocycles. The summed E-state index contributed by atoms with van der Waals surface area (Å²) in [4.78, 5) is 29.9. The molecule has 0 aliphatic carbocycles. The van der Waals surface area contributed by atoms with Gasteiger partial charge >= 0.3 is 12.1 Å². The molecule has 5 heterocycles. The van der Waals surface area contributed by atoms with Crippen LogP contribution in [0.5, 0.6) is 0 Å². The summed E-state index contributed by atoms with van der Waals surface area (Å²) in [5, 5.41) is 23.0. The molecule has 0 radical (unpaired) electrons. The highest BCUT2D eigenvalue weighted by Gasteiger charge is 2.40. The van der Waals surface area contributed by atoms with Crippen molar-refractivity contribution in [1.82, 2.24) is 19.6 Å². The van der Waals surface area contributed by atoms with Crippen molar-refractivity contribution in [1.29, 1.82) is 5.26 Å². The molecular formula is C28H24F3N5O3S. The Bertz CT molecular complexity index is 1570. The molecule has 6 rings (SSSR count). The number of alkyl halides is 3. The fourth-order valence-electron chi connectivity index (χ4n) is 5.95. The Morgan fingerprint density at radius 3 is 2.67 bits per heavy atom. The van der Waals surface area contributed by atoms with Crippen molar-refractivity contribution < 1.29 is 27.9 Å². The number of carbonyl (C=O) groups is 2. The highest BCUT2D eigenvalue weighted by molar-refractivity contribution is 7.12. The minimum absolute atomic E-state index is 0.0175.